The highest BCUT2D eigenvalue weighted by molar-refractivity contribution is 7.10. The lowest BCUT2D eigenvalue weighted by atomic mass is 10.1. The van der Waals surface area contributed by atoms with Gasteiger partial charge in [0.1, 0.15) is 5.82 Å². The van der Waals surface area contributed by atoms with Gasteiger partial charge in [0.25, 0.3) is 5.91 Å². The number of aromatic nitrogens is 1. The van der Waals surface area contributed by atoms with Gasteiger partial charge in [0.2, 0.25) is 0 Å². The maximum absolute atomic E-state index is 12.5. The van der Waals surface area contributed by atoms with Gasteiger partial charge in [-0.25, -0.2) is 4.98 Å². The summed E-state index contributed by atoms with van der Waals surface area (Å²) >= 11 is 1.62. The number of hydrogen-bond donors (Lipinski definition) is 2. The van der Waals surface area contributed by atoms with Crippen LogP contribution in [0.15, 0.2) is 41.9 Å². The van der Waals surface area contributed by atoms with Crippen LogP contribution in [0.4, 0.5) is 11.5 Å². The van der Waals surface area contributed by atoms with Crippen LogP contribution in [0.2, 0.25) is 0 Å². The van der Waals surface area contributed by atoms with Crippen LogP contribution in [0.5, 0.6) is 0 Å². The number of pyridine rings is 1. The van der Waals surface area contributed by atoms with Gasteiger partial charge in [0, 0.05) is 22.1 Å². The Morgan fingerprint density at radius 1 is 1.27 bits per heavy atom. The van der Waals surface area contributed by atoms with E-state index in [1.165, 1.54) is 0 Å². The molecule has 0 spiro atoms. The predicted octanol–water partition coefficient (Wildman–Crippen LogP) is 4.25. The van der Waals surface area contributed by atoms with Crippen LogP contribution < -0.4 is 11.1 Å². The molecule has 1 amide bonds. The van der Waals surface area contributed by atoms with E-state index in [2.05, 4.69) is 24.1 Å². The van der Waals surface area contributed by atoms with Crippen molar-refractivity contribution < 1.29 is 4.79 Å². The number of nitrogens with two attached hydrogens (primary N) is 1. The van der Waals surface area contributed by atoms with E-state index >= 15 is 0 Å². The van der Waals surface area contributed by atoms with Crippen molar-refractivity contribution in [3.63, 3.8) is 0 Å². The van der Waals surface area contributed by atoms with Crippen LogP contribution in [0.1, 0.15) is 35.0 Å². The largest absolute Gasteiger partial charge is 0.383 e. The number of carbonyl (C=O) groups is 1. The number of amides is 1. The van der Waals surface area contributed by atoms with Gasteiger partial charge in [-0.3, -0.25) is 4.79 Å². The summed E-state index contributed by atoms with van der Waals surface area (Å²) in [5, 5.41) is 6.76. The highest BCUT2D eigenvalue weighted by Gasteiger charge is 2.15. The molecule has 0 saturated heterocycles. The molecule has 4 nitrogen and oxygen atoms in total. The Labute approximate surface area is 133 Å². The summed E-state index contributed by atoms with van der Waals surface area (Å²) in [5.74, 6) is 0.754. The first-order valence-corrected chi connectivity index (χ1v) is 7.97. The summed E-state index contributed by atoms with van der Waals surface area (Å²) in [6, 6.07) is 9.39. The highest BCUT2D eigenvalue weighted by atomic mass is 32.1. The zero-order chi connectivity index (χ0) is 15.7. The Hall–Kier alpha value is -2.40. The fourth-order valence-corrected chi connectivity index (χ4v) is 3.34. The first-order valence-electron chi connectivity index (χ1n) is 7.09. The lowest BCUT2D eigenvalue weighted by molar-refractivity contribution is 0.102. The number of fused-ring (bicyclic) bond motifs is 1. The third kappa shape index (κ3) is 2.67. The van der Waals surface area contributed by atoms with E-state index in [0.29, 0.717) is 11.7 Å². The van der Waals surface area contributed by atoms with Crippen LogP contribution in [-0.2, 0) is 0 Å². The molecule has 0 aliphatic carbocycles. The Bertz CT molecular complexity index is 839. The lowest BCUT2D eigenvalue weighted by Gasteiger charge is -2.09. The van der Waals surface area contributed by atoms with Crippen molar-refractivity contribution >= 4 is 39.5 Å². The van der Waals surface area contributed by atoms with Crippen LogP contribution >= 0.6 is 11.3 Å². The molecule has 0 bridgehead atoms. The number of nitrogen functional groups attached to an aromatic ring is 1. The van der Waals surface area contributed by atoms with Crippen molar-refractivity contribution in [1.29, 1.82) is 0 Å². The highest BCUT2D eigenvalue weighted by Crippen LogP contribution is 2.27. The molecule has 2 aromatic heterocycles. The van der Waals surface area contributed by atoms with Gasteiger partial charge in [-0.15, -0.1) is 11.3 Å². The third-order valence-electron chi connectivity index (χ3n) is 3.52. The molecule has 0 saturated carbocycles. The van der Waals surface area contributed by atoms with Gasteiger partial charge >= 0.3 is 0 Å². The van der Waals surface area contributed by atoms with Crippen LogP contribution in [0, 0.1) is 0 Å². The number of nitrogens with zero attached hydrogens (tertiary/aromatic N) is 1. The number of anilines is 2. The predicted molar refractivity (Wildman–Crippen MR) is 92.5 cm³/mol. The molecule has 2 heterocycles. The Morgan fingerprint density at radius 2 is 2.09 bits per heavy atom. The minimum absolute atomic E-state index is 0.0775. The second kappa shape index (κ2) is 5.77. The first kappa shape index (κ1) is 14.5. The standard InChI is InChI=1S/C17H17N3OS/c1-10(2)15-14(6-8-22-15)17(21)20-12-3-4-13-11(9-12)5-7-19-16(13)18/h3-10H,1-2H3,(H2,18,19)(H,20,21). The summed E-state index contributed by atoms with van der Waals surface area (Å²) in [4.78, 5) is 17.6. The molecule has 5 heteroatoms. The Kier molecular flexibility index (Phi) is 3.81. The average molecular weight is 311 g/mol. The minimum Gasteiger partial charge on any atom is -0.383 e. The number of nitrogens with one attached hydrogen (secondary N) is 1. The summed E-state index contributed by atoms with van der Waals surface area (Å²) in [6.07, 6.45) is 1.67. The maximum Gasteiger partial charge on any atom is 0.256 e. The Balaban J connectivity index is 1.89. The molecule has 0 fully saturated rings. The quantitative estimate of drug-likeness (QED) is 0.759. The monoisotopic (exact) mass is 311 g/mol. The van der Waals surface area contributed by atoms with E-state index in [0.717, 1.165) is 26.9 Å². The van der Waals surface area contributed by atoms with Crippen LogP contribution in [0.3, 0.4) is 0 Å². The lowest BCUT2D eigenvalue weighted by Crippen LogP contribution is -2.13. The molecule has 0 atom stereocenters. The van der Waals surface area contributed by atoms with Gasteiger partial charge in [-0.1, -0.05) is 13.8 Å². The molecule has 0 aliphatic rings. The fraction of sp³-hybridized carbons (Fsp3) is 0.176. The number of hydrogen-bond acceptors (Lipinski definition) is 4. The fourth-order valence-electron chi connectivity index (χ4n) is 2.43. The smallest absolute Gasteiger partial charge is 0.256 e. The summed E-state index contributed by atoms with van der Waals surface area (Å²) in [5.41, 5.74) is 7.34. The zero-order valence-electron chi connectivity index (χ0n) is 12.5. The van der Waals surface area contributed by atoms with Crippen molar-refractivity contribution in [3.05, 3.63) is 52.3 Å². The number of rotatable bonds is 3. The molecular formula is C17H17N3OS. The number of benzene rings is 1. The van der Waals surface area contributed by atoms with Crippen LogP contribution in [0.25, 0.3) is 10.8 Å². The van der Waals surface area contributed by atoms with Gasteiger partial charge in [0.15, 0.2) is 0 Å². The minimum atomic E-state index is -0.0775. The number of thiophene rings is 1. The first-order chi connectivity index (χ1) is 10.6. The van der Waals surface area contributed by atoms with E-state index in [-0.39, 0.29) is 5.91 Å². The average Bonchev–Trinajstić information content (AvgIpc) is 2.97. The SMILES string of the molecule is CC(C)c1sccc1C(=O)Nc1ccc2c(N)nccc2c1. The molecule has 3 rings (SSSR count). The molecule has 0 radical (unpaired) electrons. The normalized spacial score (nSPS) is 11.0. The molecule has 3 aromatic rings. The molecule has 1 aromatic carbocycles. The zero-order valence-corrected chi connectivity index (χ0v) is 13.3. The van der Waals surface area contributed by atoms with Crippen molar-refractivity contribution in [2.45, 2.75) is 19.8 Å². The van der Waals surface area contributed by atoms with E-state index in [9.17, 15) is 4.79 Å². The van der Waals surface area contributed by atoms with Crippen molar-refractivity contribution in [2.24, 2.45) is 0 Å². The summed E-state index contributed by atoms with van der Waals surface area (Å²) in [6.45, 7) is 4.18. The van der Waals surface area contributed by atoms with Gasteiger partial charge in [-0.05, 0) is 47.0 Å². The summed E-state index contributed by atoms with van der Waals surface area (Å²) in [7, 11) is 0. The molecular weight excluding hydrogens is 294 g/mol. The van der Waals surface area contributed by atoms with Gasteiger partial charge in [-0.2, -0.15) is 0 Å². The summed E-state index contributed by atoms with van der Waals surface area (Å²) < 4.78 is 0. The van der Waals surface area contributed by atoms with E-state index in [4.69, 9.17) is 5.73 Å². The van der Waals surface area contributed by atoms with Crippen molar-refractivity contribution in [3.8, 4) is 0 Å². The second-order valence-electron chi connectivity index (χ2n) is 5.44. The maximum atomic E-state index is 12.5. The second-order valence-corrected chi connectivity index (χ2v) is 6.39. The van der Waals surface area contributed by atoms with Gasteiger partial charge < -0.3 is 11.1 Å². The molecule has 22 heavy (non-hydrogen) atoms. The van der Waals surface area contributed by atoms with Gasteiger partial charge in [0.05, 0.1) is 5.56 Å². The third-order valence-corrected chi connectivity index (χ3v) is 4.73. The van der Waals surface area contributed by atoms with Crippen LogP contribution in [-0.4, -0.2) is 10.9 Å². The van der Waals surface area contributed by atoms with E-state index in [1.807, 2.05) is 35.7 Å². The molecule has 0 aliphatic heterocycles. The molecule has 112 valence electrons. The van der Waals surface area contributed by atoms with E-state index in [1.54, 1.807) is 17.5 Å². The molecule has 3 N–H and O–H groups in total. The Morgan fingerprint density at radius 3 is 2.86 bits per heavy atom. The molecule has 0 unspecified atom stereocenters. The number of carbonyl (C=O) groups excluding carboxylic acids is 1. The van der Waals surface area contributed by atoms with Crippen molar-refractivity contribution in [1.82, 2.24) is 4.98 Å². The van der Waals surface area contributed by atoms with E-state index < -0.39 is 0 Å². The topological polar surface area (TPSA) is 68.0 Å². The van der Waals surface area contributed by atoms with Crippen molar-refractivity contribution in [2.75, 3.05) is 11.1 Å².